The average molecular weight is 291 g/mol. The molecule has 0 amide bonds. The first-order chi connectivity index (χ1) is 10.2. The molecule has 1 aliphatic rings. The zero-order chi connectivity index (χ0) is 15.1. The number of rotatable bonds is 7. The molecule has 0 atom stereocenters. The lowest BCUT2D eigenvalue weighted by Crippen LogP contribution is -2.35. The molecule has 1 heterocycles. The Kier molecular flexibility index (Phi) is 6.21. The van der Waals surface area contributed by atoms with E-state index in [1.165, 1.54) is 0 Å². The van der Waals surface area contributed by atoms with E-state index in [1.807, 2.05) is 18.2 Å². The summed E-state index contributed by atoms with van der Waals surface area (Å²) in [4.78, 5) is 13.9. The van der Waals surface area contributed by atoms with Crippen LogP contribution in [0, 0.1) is 0 Å². The lowest BCUT2D eigenvalue weighted by atomic mass is 10.1. The van der Waals surface area contributed by atoms with E-state index in [2.05, 4.69) is 11.8 Å². The topological polar surface area (TPSA) is 38.8 Å². The van der Waals surface area contributed by atoms with Gasteiger partial charge in [-0.25, -0.2) is 0 Å². The molecule has 0 N–H and O–H groups in total. The summed E-state index contributed by atoms with van der Waals surface area (Å²) < 4.78 is 11.3. The Morgan fingerprint density at radius 3 is 2.76 bits per heavy atom. The monoisotopic (exact) mass is 291 g/mol. The van der Waals surface area contributed by atoms with E-state index in [4.69, 9.17) is 9.47 Å². The Morgan fingerprint density at radius 2 is 2.10 bits per heavy atom. The second-order valence-electron chi connectivity index (χ2n) is 5.47. The number of hydrogen-bond acceptors (Lipinski definition) is 4. The molecule has 0 radical (unpaired) electrons. The third kappa shape index (κ3) is 4.83. The first kappa shape index (κ1) is 16.0. The Morgan fingerprint density at radius 1 is 1.33 bits per heavy atom. The van der Waals surface area contributed by atoms with Crippen LogP contribution in [0.1, 0.15) is 42.6 Å². The molecule has 4 nitrogen and oxygen atoms in total. The van der Waals surface area contributed by atoms with E-state index in [0.29, 0.717) is 0 Å². The van der Waals surface area contributed by atoms with Gasteiger partial charge < -0.3 is 9.47 Å². The fraction of sp³-hybridized carbons (Fsp3) is 0.588. The smallest absolute Gasteiger partial charge is 0.159 e. The van der Waals surface area contributed by atoms with Crippen molar-refractivity contribution in [2.75, 3.05) is 32.9 Å². The summed E-state index contributed by atoms with van der Waals surface area (Å²) in [5, 5.41) is 0. The van der Waals surface area contributed by atoms with Gasteiger partial charge in [0.25, 0.3) is 0 Å². The van der Waals surface area contributed by atoms with Gasteiger partial charge in [-0.2, -0.15) is 0 Å². The van der Waals surface area contributed by atoms with Crippen LogP contribution in [0.5, 0.6) is 5.75 Å². The lowest BCUT2D eigenvalue weighted by molar-refractivity contribution is 0.0338. The van der Waals surface area contributed by atoms with Gasteiger partial charge in [0.15, 0.2) is 5.78 Å². The highest BCUT2D eigenvalue weighted by molar-refractivity contribution is 5.94. The third-order valence-corrected chi connectivity index (χ3v) is 3.72. The van der Waals surface area contributed by atoms with Gasteiger partial charge in [0.05, 0.1) is 19.8 Å². The molecule has 0 bridgehead atoms. The number of nitrogens with zero attached hydrogens (tertiary/aromatic N) is 1. The molecular weight excluding hydrogens is 266 g/mol. The summed E-state index contributed by atoms with van der Waals surface area (Å²) in [7, 11) is 0. The van der Waals surface area contributed by atoms with Crippen molar-refractivity contribution in [1.29, 1.82) is 0 Å². The standard InChI is InChI=1S/C17H25NO3/c1-3-4-9-21-17-6-5-15(14(2)19)12-16(17)13-18-7-10-20-11-8-18/h5-6,12H,3-4,7-11,13H2,1-2H3. The van der Waals surface area contributed by atoms with Crippen LogP contribution in [-0.4, -0.2) is 43.6 Å². The number of morpholine rings is 1. The van der Waals surface area contributed by atoms with Crippen LogP contribution in [-0.2, 0) is 11.3 Å². The van der Waals surface area contributed by atoms with Crippen LogP contribution >= 0.6 is 0 Å². The number of hydrogen-bond donors (Lipinski definition) is 0. The van der Waals surface area contributed by atoms with Crippen molar-refractivity contribution in [3.05, 3.63) is 29.3 Å². The van der Waals surface area contributed by atoms with E-state index in [1.54, 1.807) is 6.92 Å². The minimum absolute atomic E-state index is 0.0957. The Labute approximate surface area is 127 Å². The molecule has 0 spiro atoms. The Balaban J connectivity index is 2.12. The van der Waals surface area contributed by atoms with Crippen molar-refractivity contribution in [1.82, 2.24) is 4.90 Å². The van der Waals surface area contributed by atoms with Gasteiger partial charge in [-0.3, -0.25) is 9.69 Å². The quantitative estimate of drug-likeness (QED) is 0.572. The maximum Gasteiger partial charge on any atom is 0.159 e. The van der Waals surface area contributed by atoms with Crippen LogP contribution < -0.4 is 4.74 Å². The average Bonchev–Trinajstić information content (AvgIpc) is 2.50. The van der Waals surface area contributed by atoms with Gasteiger partial charge in [0, 0.05) is 30.8 Å². The van der Waals surface area contributed by atoms with E-state index in [0.717, 1.165) is 69.2 Å². The molecule has 1 saturated heterocycles. The highest BCUT2D eigenvalue weighted by atomic mass is 16.5. The molecule has 21 heavy (non-hydrogen) atoms. The minimum Gasteiger partial charge on any atom is -0.493 e. The zero-order valence-electron chi connectivity index (χ0n) is 13.1. The maximum absolute atomic E-state index is 11.6. The van der Waals surface area contributed by atoms with Gasteiger partial charge in [0.2, 0.25) is 0 Å². The predicted molar refractivity (Wildman–Crippen MR) is 82.9 cm³/mol. The highest BCUT2D eigenvalue weighted by Crippen LogP contribution is 2.23. The van der Waals surface area contributed by atoms with Crippen molar-refractivity contribution >= 4 is 5.78 Å². The van der Waals surface area contributed by atoms with Crippen molar-refractivity contribution in [3.63, 3.8) is 0 Å². The zero-order valence-corrected chi connectivity index (χ0v) is 13.1. The molecule has 1 aliphatic heterocycles. The number of benzene rings is 1. The van der Waals surface area contributed by atoms with Gasteiger partial charge in [0.1, 0.15) is 5.75 Å². The fourth-order valence-corrected chi connectivity index (χ4v) is 2.39. The molecule has 116 valence electrons. The Hall–Kier alpha value is -1.39. The molecule has 0 unspecified atom stereocenters. The summed E-state index contributed by atoms with van der Waals surface area (Å²) in [6.07, 6.45) is 2.16. The molecular formula is C17H25NO3. The van der Waals surface area contributed by atoms with Crippen LogP contribution in [0.3, 0.4) is 0 Å². The van der Waals surface area contributed by atoms with Gasteiger partial charge in [-0.05, 0) is 31.5 Å². The largest absolute Gasteiger partial charge is 0.493 e. The molecule has 0 aliphatic carbocycles. The number of carbonyl (C=O) groups excluding carboxylic acids is 1. The van der Waals surface area contributed by atoms with Gasteiger partial charge in [-0.1, -0.05) is 13.3 Å². The first-order valence-corrected chi connectivity index (χ1v) is 7.77. The molecule has 1 aromatic rings. The second kappa shape index (κ2) is 8.15. The van der Waals surface area contributed by atoms with Crippen LogP contribution in [0.25, 0.3) is 0 Å². The van der Waals surface area contributed by atoms with Crippen molar-refractivity contribution in [2.24, 2.45) is 0 Å². The summed E-state index contributed by atoms with van der Waals surface area (Å²) in [5.41, 5.74) is 1.85. The minimum atomic E-state index is 0.0957. The molecule has 2 rings (SSSR count). The van der Waals surface area contributed by atoms with Crippen molar-refractivity contribution < 1.29 is 14.3 Å². The van der Waals surface area contributed by atoms with E-state index < -0.39 is 0 Å². The molecule has 4 heteroatoms. The molecule has 1 fully saturated rings. The normalized spacial score (nSPS) is 15.9. The van der Waals surface area contributed by atoms with Gasteiger partial charge >= 0.3 is 0 Å². The summed E-state index contributed by atoms with van der Waals surface area (Å²) in [5.74, 6) is 0.998. The summed E-state index contributed by atoms with van der Waals surface area (Å²) in [6.45, 7) is 8.70. The Bertz CT molecular complexity index is 467. The van der Waals surface area contributed by atoms with E-state index >= 15 is 0 Å². The second-order valence-corrected chi connectivity index (χ2v) is 5.47. The predicted octanol–water partition coefficient (Wildman–Crippen LogP) is 2.90. The maximum atomic E-state index is 11.6. The van der Waals surface area contributed by atoms with Crippen LogP contribution in [0.2, 0.25) is 0 Å². The van der Waals surface area contributed by atoms with Crippen LogP contribution in [0.15, 0.2) is 18.2 Å². The summed E-state index contributed by atoms with van der Waals surface area (Å²) in [6, 6.07) is 5.76. The highest BCUT2D eigenvalue weighted by Gasteiger charge is 2.15. The molecule has 1 aromatic carbocycles. The van der Waals surface area contributed by atoms with Crippen molar-refractivity contribution in [2.45, 2.75) is 33.2 Å². The van der Waals surface area contributed by atoms with Gasteiger partial charge in [-0.15, -0.1) is 0 Å². The SMILES string of the molecule is CCCCOc1ccc(C(C)=O)cc1CN1CCOCC1. The summed E-state index contributed by atoms with van der Waals surface area (Å²) >= 11 is 0. The number of unbranched alkanes of at least 4 members (excludes halogenated alkanes) is 1. The third-order valence-electron chi connectivity index (χ3n) is 3.72. The number of carbonyl (C=O) groups is 1. The lowest BCUT2D eigenvalue weighted by Gasteiger charge is -2.27. The number of ketones is 1. The molecule has 0 aromatic heterocycles. The fourth-order valence-electron chi connectivity index (χ4n) is 2.39. The van der Waals surface area contributed by atoms with E-state index in [9.17, 15) is 4.79 Å². The van der Waals surface area contributed by atoms with Crippen molar-refractivity contribution in [3.8, 4) is 5.75 Å². The first-order valence-electron chi connectivity index (χ1n) is 7.77. The molecule has 0 saturated carbocycles. The number of Topliss-reactive ketones (excluding diaryl/α,β-unsaturated/α-hetero) is 1. The van der Waals surface area contributed by atoms with Crippen LogP contribution in [0.4, 0.5) is 0 Å². The van der Waals surface area contributed by atoms with E-state index in [-0.39, 0.29) is 5.78 Å². The number of ether oxygens (including phenoxy) is 2.